The Morgan fingerprint density at radius 2 is 2.08 bits per heavy atom. The molecule has 4 nitrogen and oxygen atoms in total. The molecule has 0 saturated carbocycles. The Labute approximate surface area is 79.7 Å². The van der Waals surface area contributed by atoms with Gasteiger partial charge in [-0.1, -0.05) is 13.3 Å². The zero-order chi connectivity index (χ0) is 10.1. The van der Waals surface area contributed by atoms with Crippen molar-refractivity contribution in [3.8, 4) is 0 Å². The third-order valence-corrected chi connectivity index (χ3v) is 2.41. The molecular formula is C9H19N3O. The van der Waals surface area contributed by atoms with Crippen LogP contribution in [-0.4, -0.2) is 48.6 Å². The molecule has 1 saturated heterocycles. The Morgan fingerprint density at radius 3 is 2.46 bits per heavy atom. The molecule has 2 N–H and O–H groups in total. The van der Waals surface area contributed by atoms with Crippen LogP contribution < -0.4 is 5.73 Å². The molecule has 0 aromatic rings. The molecule has 0 aliphatic carbocycles. The van der Waals surface area contributed by atoms with Crippen molar-refractivity contribution in [3.05, 3.63) is 0 Å². The highest BCUT2D eigenvalue weighted by Crippen LogP contribution is 2.23. The monoisotopic (exact) mass is 185 g/mol. The number of rotatable bonds is 2. The van der Waals surface area contributed by atoms with E-state index in [1.807, 2.05) is 0 Å². The van der Waals surface area contributed by atoms with Crippen molar-refractivity contribution in [1.29, 1.82) is 0 Å². The predicted molar refractivity (Wildman–Crippen MR) is 52.5 cm³/mol. The van der Waals surface area contributed by atoms with Gasteiger partial charge in [-0.3, -0.25) is 0 Å². The molecule has 1 heterocycles. The first-order valence-electron chi connectivity index (χ1n) is 4.73. The number of carbonyl (C=O) groups excluding carboxylic acids is 1. The SMILES string of the molecule is CCCC1(N)CN(C(=O)N(C)C)C1. The zero-order valence-electron chi connectivity index (χ0n) is 8.71. The van der Waals surface area contributed by atoms with Crippen LogP contribution >= 0.6 is 0 Å². The van der Waals surface area contributed by atoms with Gasteiger partial charge >= 0.3 is 6.03 Å². The van der Waals surface area contributed by atoms with Crippen molar-refractivity contribution < 1.29 is 4.79 Å². The summed E-state index contributed by atoms with van der Waals surface area (Å²) in [6.45, 7) is 3.53. The Hall–Kier alpha value is -0.770. The van der Waals surface area contributed by atoms with E-state index < -0.39 is 0 Å². The normalized spacial score (nSPS) is 19.5. The summed E-state index contributed by atoms with van der Waals surface area (Å²) in [6.07, 6.45) is 2.09. The Kier molecular flexibility index (Phi) is 2.81. The Morgan fingerprint density at radius 1 is 1.54 bits per heavy atom. The second-order valence-electron chi connectivity index (χ2n) is 4.15. The topological polar surface area (TPSA) is 49.6 Å². The molecule has 13 heavy (non-hydrogen) atoms. The van der Waals surface area contributed by atoms with Crippen LogP contribution in [0.5, 0.6) is 0 Å². The van der Waals surface area contributed by atoms with Crippen molar-refractivity contribution in [2.75, 3.05) is 27.2 Å². The fourth-order valence-electron chi connectivity index (χ4n) is 1.79. The zero-order valence-corrected chi connectivity index (χ0v) is 8.71. The summed E-state index contributed by atoms with van der Waals surface area (Å²) < 4.78 is 0. The number of carbonyl (C=O) groups is 1. The highest BCUT2D eigenvalue weighted by molar-refractivity contribution is 5.75. The average molecular weight is 185 g/mol. The molecule has 0 spiro atoms. The van der Waals surface area contributed by atoms with Crippen molar-refractivity contribution in [2.24, 2.45) is 5.73 Å². The molecule has 2 amide bonds. The highest BCUT2D eigenvalue weighted by atomic mass is 16.2. The van der Waals surface area contributed by atoms with E-state index in [0.717, 1.165) is 12.8 Å². The maximum Gasteiger partial charge on any atom is 0.319 e. The molecule has 1 fully saturated rings. The minimum Gasteiger partial charge on any atom is -0.331 e. The third kappa shape index (κ3) is 2.12. The van der Waals surface area contributed by atoms with E-state index in [9.17, 15) is 4.79 Å². The van der Waals surface area contributed by atoms with Gasteiger partial charge in [-0.05, 0) is 6.42 Å². The lowest BCUT2D eigenvalue weighted by Gasteiger charge is -2.48. The minimum atomic E-state index is -0.111. The van der Waals surface area contributed by atoms with E-state index >= 15 is 0 Å². The second-order valence-corrected chi connectivity index (χ2v) is 4.15. The number of hydrogen-bond acceptors (Lipinski definition) is 2. The van der Waals surface area contributed by atoms with Gasteiger partial charge in [-0.15, -0.1) is 0 Å². The molecule has 76 valence electrons. The first-order valence-corrected chi connectivity index (χ1v) is 4.73. The molecule has 1 rings (SSSR count). The van der Waals surface area contributed by atoms with E-state index in [0.29, 0.717) is 13.1 Å². The third-order valence-electron chi connectivity index (χ3n) is 2.41. The molecule has 0 aromatic carbocycles. The number of likely N-dealkylation sites (tertiary alicyclic amines) is 1. The summed E-state index contributed by atoms with van der Waals surface area (Å²) in [6, 6.07) is 0.0668. The number of nitrogens with two attached hydrogens (primary N) is 1. The lowest BCUT2D eigenvalue weighted by Crippen LogP contribution is -2.69. The molecule has 0 atom stereocenters. The van der Waals surface area contributed by atoms with Gasteiger partial charge in [0.15, 0.2) is 0 Å². The molecule has 0 unspecified atom stereocenters. The van der Waals surface area contributed by atoms with Crippen LogP contribution in [0.1, 0.15) is 19.8 Å². The summed E-state index contributed by atoms with van der Waals surface area (Å²) >= 11 is 0. The molecule has 1 aliphatic heterocycles. The Balaban J connectivity index is 2.36. The van der Waals surface area contributed by atoms with Crippen LogP contribution in [-0.2, 0) is 0 Å². The summed E-state index contributed by atoms with van der Waals surface area (Å²) in [4.78, 5) is 14.8. The largest absolute Gasteiger partial charge is 0.331 e. The predicted octanol–water partition coefficient (Wildman–Crippen LogP) is 0.481. The lowest BCUT2D eigenvalue weighted by molar-refractivity contribution is 0.0751. The summed E-state index contributed by atoms with van der Waals surface area (Å²) in [7, 11) is 3.53. The number of urea groups is 1. The minimum absolute atomic E-state index is 0.0668. The van der Waals surface area contributed by atoms with Crippen LogP contribution in [0.15, 0.2) is 0 Å². The number of amides is 2. The summed E-state index contributed by atoms with van der Waals surface area (Å²) in [5.74, 6) is 0. The van der Waals surface area contributed by atoms with Gasteiger partial charge in [0.2, 0.25) is 0 Å². The smallest absolute Gasteiger partial charge is 0.319 e. The van der Waals surface area contributed by atoms with Crippen molar-refractivity contribution in [2.45, 2.75) is 25.3 Å². The maximum absolute atomic E-state index is 11.4. The summed E-state index contributed by atoms with van der Waals surface area (Å²) in [5, 5.41) is 0. The molecule has 0 radical (unpaired) electrons. The van der Waals surface area contributed by atoms with Crippen LogP contribution in [0.3, 0.4) is 0 Å². The van der Waals surface area contributed by atoms with Crippen LogP contribution in [0, 0.1) is 0 Å². The quantitative estimate of drug-likeness (QED) is 0.680. The molecule has 1 aliphatic rings. The van der Waals surface area contributed by atoms with Crippen molar-refractivity contribution >= 4 is 6.03 Å². The second kappa shape index (κ2) is 3.54. The Bertz CT molecular complexity index is 197. The van der Waals surface area contributed by atoms with Gasteiger partial charge < -0.3 is 15.5 Å². The lowest BCUT2D eigenvalue weighted by atomic mass is 9.87. The first-order chi connectivity index (χ1) is 5.98. The van der Waals surface area contributed by atoms with E-state index in [1.54, 1.807) is 23.9 Å². The van der Waals surface area contributed by atoms with Gasteiger partial charge in [0.05, 0.1) is 5.54 Å². The van der Waals surface area contributed by atoms with Crippen LogP contribution in [0.4, 0.5) is 4.79 Å². The molecular weight excluding hydrogens is 166 g/mol. The van der Waals surface area contributed by atoms with Gasteiger partial charge in [0.25, 0.3) is 0 Å². The van der Waals surface area contributed by atoms with E-state index in [2.05, 4.69) is 6.92 Å². The fourth-order valence-corrected chi connectivity index (χ4v) is 1.79. The number of hydrogen-bond donors (Lipinski definition) is 1. The van der Waals surface area contributed by atoms with Gasteiger partial charge in [0.1, 0.15) is 0 Å². The van der Waals surface area contributed by atoms with Gasteiger partial charge in [-0.25, -0.2) is 4.79 Å². The van der Waals surface area contributed by atoms with Crippen LogP contribution in [0.25, 0.3) is 0 Å². The maximum atomic E-state index is 11.4. The van der Waals surface area contributed by atoms with Gasteiger partial charge in [-0.2, -0.15) is 0 Å². The van der Waals surface area contributed by atoms with E-state index in [4.69, 9.17) is 5.73 Å². The molecule has 4 heteroatoms. The summed E-state index contributed by atoms with van der Waals surface area (Å²) in [5.41, 5.74) is 5.92. The average Bonchev–Trinajstić information content (AvgIpc) is 1.99. The standard InChI is InChI=1S/C9H19N3O/c1-4-5-9(10)6-12(7-9)8(13)11(2)3/h4-7,10H2,1-3H3. The number of nitrogens with zero attached hydrogens (tertiary/aromatic N) is 2. The molecule has 0 bridgehead atoms. The van der Waals surface area contributed by atoms with Crippen LogP contribution in [0.2, 0.25) is 0 Å². The van der Waals surface area contributed by atoms with Crippen molar-refractivity contribution in [3.63, 3.8) is 0 Å². The molecule has 0 aromatic heterocycles. The fraction of sp³-hybridized carbons (Fsp3) is 0.889. The van der Waals surface area contributed by atoms with Crippen molar-refractivity contribution in [1.82, 2.24) is 9.80 Å². The van der Waals surface area contributed by atoms with E-state index in [1.165, 1.54) is 0 Å². The first kappa shape index (κ1) is 10.3. The van der Waals surface area contributed by atoms with E-state index in [-0.39, 0.29) is 11.6 Å². The van der Waals surface area contributed by atoms with Gasteiger partial charge in [0, 0.05) is 27.2 Å². The highest BCUT2D eigenvalue weighted by Gasteiger charge is 2.41.